The van der Waals surface area contributed by atoms with Gasteiger partial charge in [-0.3, -0.25) is 0 Å². The highest BCUT2D eigenvalue weighted by Gasteiger charge is 2.35. The van der Waals surface area contributed by atoms with E-state index in [1.165, 1.54) is 6.07 Å². The first-order valence-electron chi connectivity index (χ1n) is 4.89. The van der Waals surface area contributed by atoms with Crippen molar-refractivity contribution in [1.82, 2.24) is 0 Å². The van der Waals surface area contributed by atoms with E-state index in [4.69, 9.17) is 4.74 Å². The molecule has 1 aromatic rings. The summed E-state index contributed by atoms with van der Waals surface area (Å²) in [5, 5.41) is 9.78. The van der Waals surface area contributed by atoms with Crippen LogP contribution >= 0.6 is 15.9 Å². The Bertz CT molecular complexity index is 364. The van der Waals surface area contributed by atoms with Gasteiger partial charge in [0.25, 0.3) is 0 Å². The molecular formula is C11H12BrFO2. The molecule has 1 saturated carbocycles. The van der Waals surface area contributed by atoms with E-state index in [0.29, 0.717) is 10.2 Å². The Balaban J connectivity index is 1.96. The van der Waals surface area contributed by atoms with Crippen molar-refractivity contribution in [3.05, 3.63) is 28.5 Å². The molecule has 1 aliphatic carbocycles. The average molecular weight is 275 g/mol. The zero-order valence-corrected chi connectivity index (χ0v) is 9.76. The van der Waals surface area contributed by atoms with Crippen LogP contribution in [0, 0.1) is 5.82 Å². The van der Waals surface area contributed by atoms with Crippen LogP contribution in [0.2, 0.25) is 0 Å². The SMILES string of the molecule is OC1(COc2ccc(F)c(Br)c2)CCC1. The summed E-state index contributed by atoms with van der Waals surface area (Å²) in [4.78, 5) is 0. The smallest absolute Gasteiger partial charge is 0.137 e. The molecule has 0 aliphatic heterocycles. The van der Waals surface area contributed by atoms with Crippen molar-refractivity contribution in [3.63, 3.8) is 0 Å². The molecule has 1 aromatic carbocycles. The molecule has 0 atom stereocenters. The predicted octanol–water partition coefficient (Wildman–Crippen LogP) is 2.88. The first-order chi connectivity index (χ1) is 7.09. The lowest BCUT2D eigenvalue weighted by Crippen LogP contribution is -2.42. The molecule has 0 heterocycles. The first kappa shape index (κ1) is 10.9. The van der Waals surface area contributed by atoms with Crippen LogP contribution in [-0.4, -0.2) is 17.3 Å². The number of benzene rings is 1. The van der Waals surface area contributed by atoms with Gasteiger partial charge in [0.05, 0.1) is 10.1 Å². The van der Waals surface area contributed by atoms with Gasteiger partial charge in [0, 0.05) is 0 Å². The Kier molecular flexibility index (Phi) is 2.98. The lowest BCUT2D eigenvalue weighted by atomic mass is 9.81. The topological polar surface area (TPSA) is 29.5 Å². The molecule has 0 bridgehead atoms. The molecule has 0 unspecified atom stereocenters. The first-order valence-corrected chi connectivity index (χ1v) is 5.69. The molecule has 15 heavy (non-hydrogen) atoms. The highest BCUT2D eigenvalue weighted by Crippen LogP contribution is 2.32. The van der Waals surface area contributed by atoms with Gasteiger partial charge in [-0.05, 0) is 53.4 Å². The fourth-order valence-electron chi connectivity index (χ4n) is 1.51. The lowest BCUT2D eigenvalue weighted by Gasteiger charge is -2.35. The number of hydrogen-bond donors (Lipinski definition) is 1. The molecule has 1 N–H and O–H groups in total. The molecule has 1 fully saturated rings. The minimum atomic E-state index is -0.666. The minimum absolute atomic E-state index is 0.283. The van der Waals surface area contributed by atoms with E-state index >= 15 is 0 Å². The summed E-state index contributed by atoms with van der Waals surface area (Å²) in [7, 11) is 0. The van der Waals surface area contributed by atoms with Crippen LogP contribution in [0.4, 0.5) is 4.39 Å². The molecular weight excluding hydrogens is 263 g/mol. The minimum Gasteiger partial charge on any atom is -0.491 e. The Morgan fingerprint density at radius 3 is 2.73 bits per heavy atom. The highest BCUT2D eigenvalue weighted by atomic mass is 79.9. The summed E-state index contributed by atoms with van der Waals surface area (Å²) in [6.07, 6.45) is 2.62. The van der Waals surface area contributed by atoms with E-state index < -0.39 is 5.60 Å². The van der Waals surface area contributed by atoms with Crippen LogP contribution in [0.3, 0.4) is 0 Å². The van der Waals surface area contributed by atoms with Crippen LogP contribution in [0.25, 0.3) is 0 Å². The fourth-order valence-corrected chi connectivity index (χ4v) is 1.87. The molecule has 4 heteroatoms. The van der Waals surface area contributed by atoms with Crippen molar-refractivity contribution < 1.29 is 14.2 Å². The maximum absolute atomic E-state index is 12.9. The Morgan fingerprint density at radius 2 is 2.20 bits per heavy atom. The standard InChI is InChI=1S/C11H12BrFO2/c12-9-6-8(2-3-10(9)13)15-7-11(14)4-1-5-11/h2-3,6,14H,1,4-5,7H2. The maximum Gasteiger partial charge on any atom is 0.137 e. The lowest BCUT2D eigenvalue weighted by molar-refractivity contribution is -0.0663. The van der Waals surface area contributed by atoms with Gasteiger partial charge < -0.3 is 9.84 Å². The summed E-state index contributed by atoms with van der Waals surface area (Å²) in [5.41, 5.74) is -0.666. The molecule has 0 aromatic heterocycles. The summed E-state index contributed by atoms with van der Waals surface area (Å²) in [6.45, 7) is 0.283. The van der Waals surface area contributed by atoms with Crippen LogP contribution in [0.5, 0.6) is 5.75 Å². The maximum atomic E-state index is 12.9. The molecule has 0 spiro atoms. The third kappa shape index (κ3) is 2.49. The third-order valence-corrected chi connectivity index (χ3v) is 3.29. The van der Waals surface area contributed by atoms with Crippen molar-refractivity contribution in [3.8, 4) is 5.75 Å². The number of hydrogen-bond acceptors (Lipinski definition) is 2. The number of aliphatic hydroxyl groups is 1. The van der Waals surface area contributed by atoms with Crippen molar-refractivity contribution in [1.29, 1.82) is 0 Å². The highest BCUT2D eigenvalue weighted by molar-refractivity contribution is 9.10. The van der Waals surface area contributed by atoms with Crippen molar-refractivity contribution in [2.45, 2.75) is 24.9 Å². The predicted molar refractivity (Wildman–Crippen MR) is 58.4 cm³/mol. The van der Waals surface area contributed by atoms with Gasteiger partial charge in [0.15, 0.2) is 0 Å². The third-order valence-electron chi connectivity index (χ3n) is 2.68. The molecule has 2 rings (SSSR count). The summed E-state index contributed by atoms with van der Waals surface area (Å²) >= 11 is 3.08. The normalized spacial score (nSPS) is 18.3. The zero-order valence-electron chi connectivity index (χ0n) is 8.17. The zero-order chi connectivity index (χ0) is 10.9. The molecule has 82 valence electrons. The van der Waals surface area contributed by atoms with Gasteiger partial charge in [0.2, 0.25) is 0 Å². The Morgan fingerprint density at radius 1 is 1.47 bits per heavy atom. The quantitative estimate of drug-likeness (QED) is 0.919. The fraction of sp³-hybridized carbons (Fsp3) is 0.455. The summed E-state index contributed by atoms with van der Waals surface area (Å²) in [5.74, 6) is 0.258. The average Bonchev–Trinajstić information content (AvgIpc) is 2.17. The van der Waals surface area contributed by atoms with E-state index in [1.807, 2.05) is 0 Å². The molecule has 1 aliphatic rings. The monoisotopic (exact) mass is 274 g/mol. The van der Waals surface area contributed by atoms with Gasteiger partial charge in [0.1, 0.15) is 18.2 Å². The van der Waals surface area contributed by atoms with Crippen LogP contribution in [0.15, 0.2) is 22.7 Å². The van der Waals surface area contributed by atoms with E-state index in [-0.39, 0.29) is 12.4 Å². The van der Waals surface area contributed by atoms with Crippen LogP contribution in [0.1, 0.15) is 19.3 Å². The second kappa shape index (κ2) is 4.10. The van der Waals surface area contributed by atoms with E-state index in [2.05, 4.69) is 15.9 Å². The Labute approximate surface area is 96.2 Å². The van der Waals surface area contributed by atoms with Crippen LogP contribution < -0.4 is 4.74 Å². The Hall–Kier alpha value is -0.610. The number of rotatable bonds is 3. The van der Waals surface area contributed by atoms with Gasteiger partial charge in [-0.25, -0.2) is 4.39 Å². The summed E-state index contributed by atoms with van der Waals surface area (Å²) in [6, 6.07) is 4.46. The number of halogens is 2. The molecule has 0 radical (unpaired) electrons. The molecule has 2 nitrogen and oxygen atoms in total. The van der Waals surface area contributed by atoms with Crippen molar-refractivity contribution in [2.24, 2.45) is 0 Å². The van der Waals surface area contributed by atoms with E-state index in [1.54, 1.807) is 12.1 Å². The second-order valence-electron chi connectivity index (χ2n) is 3.94. The summed E-state index contributed by atoms with van der Waals surface area (Å²) < 4.78 is 18.7. The van der Waals surface area contributed by atoms with Gasteiger partial charge in [-0.1, -0.05) is 0 Å². The second-order valence-corrected chi connectivity index (χ2v) is 4.80. The van der Waals surface area contributed by atoms with Crippen molar-refractivity contribution in [2.75, 3.05) is 6.61 Å². The van der Waals surface area contributed by atoms with Crippen molar-refractivity contribution >= 4 is 15.9 Å². The number of ether oxygens (including phenoxy) is 1. The van der Waals surface area contributed by atoms with Gasteiger partial charge in [-0.2, -0.15) is 0 Å². The van der Waals surface area contributed by atoms with E-state index in [0.717, 1.165) is 19.3 Å². The van der Waals surface area contributed by atoms with Crippen LogP contribution in [-0.2, 0) is 0 Å². The molecule has 0 amide bonds. The van der Waals surface area contributed by atoms with E-state index in [9.17, 15) is 9.50 Å². The largest absolute Gasteiger partial charge is 0.491 e. The van der Waals surface area contributed by atoms with Gasteiger partial charge >= 0.3 is 0 Å². The van der Waals surface area contributed by atoms with Gasteiger partial charge in [-0.15, -0.1) is 0 Å². The molecule has 0 saturated heterocycles.